The van der Waals surface area contributed by atoms with Crippen LogP contribution in [-0.2, 0) is 4.74 Å². The smallest absolute Gasteiger partial charge is 0.0488 e. The maximum absolute atomic E-state index is 6.29. The molecule has 0 saturated carbocycles. The van der Waals surface area contributed by atoms with Gasteiger partial charge in [0.05, 0.1) is 0 Å². The zero-order valence-electron chi connectivity index (χ0n) is 12.3. The summed E-state index contributed by atoms with van der Waals surface area (Å²) >= 11 is 6.29. The van der Waals surface area contributed by atoms with E-state index in [2.05, 4.69) is 38.2 Å². The van der Waals surface area contributed by atoms with Crippen LogP contribution in [-0.4, -0.2) is 26.3 Å². The van der Waals surface area contributed by atoms with Gasteiger partial charge < -0.3 is 10.1 Å². The molecule has 19 heavy (non-hydrogen) atoms. The summed E-state index contributed by atoms with van der Waals surface area (Å²) in [4.78, 5) is 0. The first-order valence-corrected chi connectivity index (χ1v) is 7.55. The topological polar surface area (TPSA) is 21.3 Å². The summed E-state index contributed by atoms with van der Waals surface area (Å²) in [6.45, 7) is 10.0. The second-order valence-corrected chi connectivity index (χ2v) is 5.69. The van der Waals surface area contributed by atoms with E-state index in [1.165, 1.54) is 5.56 Å². The molecule has 1 N–H and O–H groups in total. The van der Waals surface area contributed by atoms with Crippen molar-refractivity contribution in [3.05, 3.63) is 34.9 Å². The van der Waals surface area contributed by atoms with Crippen LogP contribution in [0.2, 0.25) is 5.02 Å². The van der Waals surface area contributed by atoms with Gasteiger partial charge in [0.15, 0.2) is 0 Å². The second kappa shape index (κ2) is 9.35. The van der Waals surface area contributed by atoms with Gasteiger partial charge in [0.1, 0.15) is 0 Å². The molecule has 0 radical (unpaired) electrons. The first-order chi connectivity index (χ1) is 9.15. The van der Waals surface area contributed by atoms with Crippen molar-refractivity contribution in [3.8, 4) is 0 Å². The van der Waals surface area contributed by atoms with E-state index in [1.807, 2.05) is 12.1 Å². The number of ether oxygens (including phenoxy) is 1. The Balaban J connectivity index is 2.54. The monoisotopic (exact) mass is 283 g/mol. The van der Waals surface area contributed by atoms with Gasteiger partial charge in [0.25, 0.3) is 0 Å². The number of hydrogen-bond acceptors (Lipinski definition) is 2. The number of halogens is 1. The summed E-state index contributed by atoms with van der Waals surface area (Å²) in [5.41, 5.74) is 1.22. The second-order valence-electron chi connectivity index (χ2n) is 5.28. The van der Waals surface area contributed by atoms with Gasteiger partial charge in [-0.3, -0.25) is 0 Å². The molecule has 108 valence electrons. The fourth-order valence-electron chi connectivity index (χ4n) is 2.04. The predicted octanol–water partition coefficient (Wildman–Crippen LogP) is 4.10. The molecule has 0 amide bonds. The molecule has 2 nitrogen and oxygen atoms in total. The fourth-order valence-corrected chi connectivity index (χ4v) is 2.33. The number of rotatable bonds is 9. The maximum atomic E-state index is 6.29. The first kappa shape index (κ1) is 16.5. The summed E-state index contributed by atoms with van der Waals surface area (Å²) in [6, 6.07) is 8.11. The number of benzene rings is 1. The Kier molecular flexibility index (Phi) is 8.11. The lowest BCUT2D eigenvalue weighted by Crippen LogP contribution is -2.22. The third-order valence-corrected chi connectivity index (χ3v) is 3.39. The lowest BCUT2D eigenvalue weighted by molar-refractivity contribution is 0.103. The Morgan fingerprint density at radius 2 is 2.00 bits per heavy atom. The molecule has 0 aliphatic heterocycles. The van der Waals surface area contributed by atoms with Crippen LogP contribution in [0.4, 0.5) is 0 Å². The largest absolute Gasteiger partial charge is 0.381 e. The van der Waals surface area contributed by atoms with Crippen molar-refractivity contribution in [2.24, 2.45) is 5.92 Å². The zero-order valence-corrected chi connectivity index (χ0v) is 13.0. The predicted molar refractivity (Wildman–Crippen MR) is 83.0 cm³/mol. The summed E-state index contributed by atoms with van der Waals surface area (Å²) in [6.07, 6.45) is 1.00. The SMILES string of the molecule is CCNCC(CCOCC(C)C)c1ccccc1Cl. The van der Waals surface area contributed by atoms with Crippen LogP contribution in [0.1, 0.15) is 38.7 Å². The lowest BCUT2D eigenvalue weighted by atomic mass is 9.96. The van der Waals surface area contributed by atoms with Gasteiger partial charge in [0, 0.05) is 24.8 Å². The van der Waals surface area contributed by atoms with E-state index >= 15 is 0 Å². The Morgan fingerprint density at radius 3 is 2.63 bits per heavy atom. The number of likely N-dealkylation sites (N-methyl/N-ethyl adjacent to an activating group) is 1. The van der Waals surface area contributed by atoms with E-state index in [1.54, 1.807) is 0 Å². The van der Waals surface area contributed by atoms with Crippen LogP contribution in [0.5, 0.6) is 0 Å². The van der Waals surface area contributed by atoms with E-state index in [0.29, 0.717) is 11.8 Å². The van der Waals surface area contributed by atoms with Crippen LogP contribution in [0.25, 0.3) is 0 Å². The quantitative estimate of drug-likeness (QED) is 0.689. The highest BCUT2D eigenvalue weighted by Gasteiger charge is 2.14. The third kappa shape index (κ3) is 6.42. The van der Waals surface area contributed by atoms with Crippen LogP contribution >= 0.6 is 11.6 Å². The van der Waals surface area contributed by atoms with Crippen molar-refractivity contribution in [2.75, 3.05) is 26.3 Å². The van der Waals surface area contributed by atoms with Crippen molar-refractivity contribution < 1.29 is 4.74 Å². The van der Waals surface area contributed by atoms with Gasteiger partial charge in [-0.05, 0) is 36.4 Å². The van der Waals surface area contributed by atoms with E-state index in [4.69, 9.17) is 16.3 Å². The van der Waals surface area contributed by atoms with Crippen LogP contribution in [0.3, 0.4) is 0 Å². The van der Waals surface area contributed by atoms with Crippen LogP contribution < -0.4 is 5.32 Å². The molecule has 1 aromatic rings. The molecular weight excluding hydrogens is 258 g/mol. The van der Waals surface area contributed by atoms with Crippen molar-refractivity contribution >= 4 is 11.6 Å². The standard InChI is InChI=1S/C16H26ClNO/c1-4-18-11-14(9-10-19-12-13(2)3)15-7-5-6-8-16(15)17/h5-8,13-14,18H,4,9-12H2,1-3H3. The molecule has 1 aromatic carbocycles. The minimum atomic E-state index is 0.417. The van der Waals surface area contributed by atoms with Crippen molar-refractivity contribution in [2.45, 2.75) is 33.1 Å². The molecule has 1 rings (SSSR count). The average molecular weight is 284 g/mol. The van der Waals surface area contributed by atoms with Gasteiger partial charge in [-0.25, -0.2) is 0 Å². The Labute approximate surface area is 122 Å². The van der Waals surface area contributed by atoms with E-state index < -0.39 is 0 Å². The van der Waals surface area contributed by atoms with Crippen molar-refractivity contribution in [3.63, 3.8) is 0 Å². The van der Waals surface area contributed by atoms with Crippen LogP contribution in [0, 0.1) is 5.92 Å². The zero-order chi connectivity index (χ0) is 14.1. The molecular formula is C16H26ClNO. The Hall–Kier alpha value is -0.570. The lowest BCUT2D eigenvalue weighted by Gasteiger charge is -2.19. The molecule has 0 aliphatic rings. The minimum Gasteiger partial charge on any atom is -0.381 e. The summed E-state index contributed by atoms with van der Waals surface area (Å²) < 4.78 is 5.70. The molecule has 1 atom stereocenters. The Bertz CT molecular complexity index is 354. The van der Waals surface area contributed by atoms with Gasteiger partial charge >= 0.3 is 0 Å². The normalized spacial score (nSPS) is 12.9. The van der Waals surface area contributed by atoms with E-state index in [9.17, 15) is 0 Å². The molecule has 0 fully saturated rings. The molecule has 0 bridgehead atoms. The molecule has 0 aromatic heterocycles. The van der Waals surface area contributed by atoms with Gasteiger partial charge in [-0.1, -0.05) is 50.6 Å². The summed E-state index contributed by atoms with van der Waals surface area (Å²) in [7, 11) is 0. The fraction of sp³-hybridized carbons (Fsp3) is 0.625. The highest BCUT2D eigenvalue weighted by Crippen LogP contribution is 2.26. The number of nitrogens with one attached hydrogen (secondary N) is 1. The molecule has 0 saturated heterocycles. The summed E-state index contributed by atoms with van der Waals surface area (Å²) in [5.74, 6) is 1.01. The third-order valence-electron chi connectivity index (χ3n) is 3.05. The van der Waals surface area contributed by atoms with Gasteiger partial charge in [-0.15, -0.1) is 0 Å². The maximum Gasteiger partial charge on any atom is 0.0488 e. The molecule has 1 unspecified atom stereocenters. The van der Waals surface area contributed by atoms with Crippen molar-refractivity contribution in [1.29, 1.82) is 0 Å². The minimum absolute atomic E-state index is 0.417. The van der Waals surface area contributed by atoms with Crippen molar-refractivity contribution in [1.82, 2.24) is 5.32 Å². The van der Waals surface area contributed by atoms with E-state index in [0.717, 1.165) is 37.7 Å². The first-order valence-electron chi connectivity index (χ1n) is 7.18. The highest BCUT2D eigenvalue weighted by molar-refractivity contribution is 6.31. The van der Waals surface area contributed by atoms with E-state index in [-0.39, 0.29) is 0 Å². The molecule has 0 spiro atoms. The Morgan fingerprint density at radius 1 is 1.26 bits per heavy atom. The molecule has 3 heteroatoms. The average Bonchev–Trinajstić information content (AvgIpc) is 2.39. The molecule has 0 heterocycles. The summed E-state index contributed by atoms with van der Waals surface area (Å²) in [5, 5.41) is 4.27. The number of hydrogen-bond donors (Lipinski definition) is 1. The highest BCUT2D eigenvalue weighted by atomic mass is 35.5. The van der Waals surface area contributed by atoms with Crippen LogP contribution in [0.15, 0.2) is 24.3 Å². The molecule has 0 aliphatic carbocycles. The van der Waals surface area contributed by atoms with Gasteiger partial charge in [-0.2, -0.15) is 0 Å². The van der Waals surface area contributed by atoms with Gasteiger partial charge in [0.2, 0.25) is 0 Å².